The molecular weight excluding hydrogens is 323 g/mol. The number of aliphatic carboxylic acids is 1. The van der Waals surface area contributed by atoms with E-state index in [1.807, 2.05) is 0 Å². The molecule has 0 aliphatic carbocycles. The summed E-state index contributed by atoms with van der Waals surface area (Å²) in [7, 11) is 1.40. The fourth-order valence-corrected chi connectivity index (χ4v) is 2.08. The lowest BCUT2D eigenvalue weighted by Crippen LogP contribution is -2.41. The number of thioether (sulfide) groups is 1. The predicted octanol–water partition coefficient (Wildman–Crippen LogP) is 2.52. The number of benzene rings is 1. The molecule has 0 bridgehead atoms. The van der Waals surface area contributed by atoms with Gasteiger partial charge in [0, 0.05) is 30.6 Å². The number of carbonyl (C=O) groups excluding carboxylic acids is 1. The number of methoxy groups -OCH3 is 1. The van der Waals surface area contributed by atoms with E-state index in [-0.39, 0.29) is 35.2 Å². The molecule has 0 aliphatic rings. The predicted molar refractivity (Wildman–Crippen MR) is 73.7 cm³/mol. The lowest BCUT2D eigenvalue weighted by atomic mass is 10.1. The Balaban J connectivity index is 2.70. The molecule has 5 nitrogen and oxygen atoms in total. The van der Waals surface area contributed by atoms with Gasteiger partial charge in [0.05, 0.1) is 0 Å². The third-order valence-electron chi connectivity index (χ3n) is 2.56. The van der Waals surface area contributed by atoms with Gasteiger partial charge in [-0.2, -0.15) is 13.2 Å². The summed E-state index contributed by atoms with van der Waals surface area (Å²) in [5.74, 6) is -1.89. The third-order valence-corrected chi connectivity index (χ3v) is 3.30. The molecule has 9 heteroatoms. The second-order valence-corrected chi connectivity index (χ2v) is 5.36. The van der Waals surface area contributed by atoms with Gasteiger partial charge in [-0.05, 0) is 36.0 Å². The van der Waals surface area contributed by atoms with E-state index in [1.54, 1.807) is 0 Å². The van der Waals surface area contributed by atoms with Crippen LogP contribution in [0.25, 0.3) is 0 Å². The van der Waals surface area contributed by atoms with Crippen LogP contribution in [-0.4, -0.2) is 42.2 Å². The van der Waals surface area contributed by atoms with Crippen LogP contribution in [0.5, 0.6) is 0 Å². The van der Waals surface area contributed by atoms with E-state index in [2.05, 4.69) is 5.32 Å². The maximum atomic E-state index is 12.2. The van der Waals surface area contributed by atoms with Crippen LogP contribution in [0.3, 0.4) is 0 Å². The van der Waals surface area contributed by atoms with Crippen LogP contribution in [0, 0.1) is 0 Å². The highest BCUT2D eigenvalue weighted by Crippen LogP contribution is 2.36. The van der Waals surface area contributed by atoms with Gasteiger partial charge < -0.3 is 15.2 Å². The molecule has 2 N–H and O–H groups in total. The Morgan fingerprint density at radius 3 is 2.36 bits per heavy atom. The number of alkyl halides is 3. The molecule has 22 heavy (non-hydrogen) atoms. The zero-order chi connectivity index (χ0) is 16.8. The number of ether oxygens (including phenoxy) is 1. The summed E-state index contributed by atoms with van der Waals surface area (Å²) in [5.41, 5.74) is -4.33. The van der Waals surface area contributed by atoms with E-state index in [9.17, 15) is 22.8 Å². The lowest BCUT2D eigenvalue weighted by molar-refractivity contribution is -0.139. The van der Waals surface area contributed by atoms with Crippen LogP contribution in [0.2, 0.25) is 0 Å². The number of amides is 1. The largest absolute Gasteiger partial charge is 0.480 e. The second kappa shape index (κ2) is 8.04. The Hall–Kier alpha value is -1.74. The highest BCUT2D eigenvalue weighted by molar-refractivity contribution is 8.00. The van der Waals surface area contributed by atoms with Crippen LogP contribution in [-0.2, 0) is 9.53 Å². The minimum atomic E-state index is -4.40. The van der Waals surface area contributed by atoms with Crippen LogP contribution < -0.4 is 5.32 Å². The van der Waals surface area contributed by atoms with Crippen molar-refractivity contribution in [1.82, 2.24) is 5.32 Å². The Morgan fingerprint density at radius 2 is 1.91 bits per heavy atom. The second-order valence-electron chi connectivity index (χ2n) is 4.22. The van der Waals surface area contributed by atoms with Gasteiger partial charge in [-0.15, -0.1) is 0 Å². The molecule has 0 aliphatic heterocycles. The van der Waals surface area contributed by atoms with Gasteiger partial charge in [0.2, 0.25) is 0 Å². The molecule has 1 aromatic carbocycles. The molecule has 1 aromatic rings. The highest BCUT2D eigenvalue weighted by atomic mass is 32.2. The Bertz CT molecular complexity index is 519. The number of carboxylic acids is 1. The number of nitrogens with one attached hydrogen (secondary N) is 1. The zero-order valence-corrected chi connectivity index (χ0v) is 12.3. The van der Waals surface area contributed by atoms with Crippen LogP contribution in [0.4, 0.5) is 13.2 Å². The van der Waals surface area contributed by atoms with Gasteiger partial charge in [-0.1, -0.05) is 0 Å². The summed E-state index contributed by atoms with van der Waals surface area (Å²) in [6, 6.07) is 3.59. The van der Waals surface area contributed by atoms with E-state index in [0.29, 0.717) is 0 Å². The van der Waals surface area contributed by atoms with Gasteiger partial charge in [0.15, 0.2) is 0 Å². The summed E-state index contributed by atoms with van der Waals surface area (Å²) < 4.78 is 41.3. The molecule has 0 saturated carbocycles. The number of rotatable bonds is 7. The van der Waals surface area contributed by atoms with Crippen LogP contribution >= 0.6 is 11.8 Å². The average molecular weight is 337 g/mol. The van der Waals surface area contributed by atoms with Crippen LogP contribution in [0.15, 0.2) is 29.2 Å². The molecule has 1 atom stereocenters. The molecule has 0 spiro atoms. The summed E-state index contributed by atoms with van der Waals surface area (Å²) in [6.45, 7) is 0.151. The van der Waals surface area contributed by atoms with Gasteiger partial charge >= 0.3 is 11.5 Å². The quantitative estimate of drug-likeness (QED) is 0.748. The molecule has 1 rings (SSSR count). The summed E-state index contributed by atoms with van der Waals surface area (Å²) in [5, 5.41) is 11.3. The van der Waals surface area contributed by atoms with Gasteiger partial charge in [0.25, 0.3) is 5.91 Å². The maximum Gasteiger partial charge on any atom is 0.446 e. The van der Waals surface area contributed by atoms with Gasteiger partial charge in [-0.25, -0.2) is 4.79 Å². The van der Waals surface area contributed by atoms with E-state index in [1.165, 1.54) is 19.2 Å². The molecule has 0 radical (unpaired) electrons. The minimum Gasteiger partial charge on any atom is -0.480 e. The van der Waals surface area contributed by atoms with Crippen molar-refractivity contribution in [3.8, 4) is 0 Å². The van der Waals surface area contributed by atoms with E-state index >= 15 is 0 Å². The zero-order valence-electron chi connectivity index (χ0n) is 11.5. The molecule has 1 amide bonds. The van der Waals surface area contributed by atoms with Crippen molar-refractivity contribution in [1.29, 1.82) is 0 Å². The van der Waals surface area contributed by atoms with Crippen molar-refractivity contribution >= 4 is 23.6 Å². The molecule has 1 unspecified atom stereocenters. The summed E-state index contributed by atoms with van der Waals surface area (Å²) >= 11 is -0.291. The first-order chi connectivity index (χ1) is 10.2. The molecule has 0 fully saturated rings. The van der Waals surface area contributed by atoms with Crippen molar-refractivity contribution in [3.63, 3.8) is 0 Å². The number of carboxylic acid groups (broad SMARTS) is 1. The Labute approximate surface area is 128 Å². The SMILES string of the molecule is COCCC(NC(=O)c1ccc(SC(F)(F)F)cc1)C(=O)O. The first kappa shape index (κ1) is 18.3. The first-order valence-electron chi connectivity index (χ1n) is 6.11. The van der Waals surface area contributed by atoms with E-state index in [0.717, 1.165) is 12.1 Å². The third kappa shape index (κ3) is 6.35. The maximum absolute atomic E-state index is 12.2. The number of hydrogen-bond acceptors (Lipinski definition) is 4. The Morgan fingerprint density at radius 1 is 1.32 bits per heavy atom. The van der Waals surface area contributed by atoms with E-state index < -0.39 is 23.4 Å². The standard InChI is InChI=1S/C13H14F3NO4S/c1-21-7-6-10(12(19)20)17-11(18)8-2-4-9(5-3-8)22-13(14,15)16/h2-5,10H,6-7H2,1H3,(H,17,18)(H,19,20). The number of carbonyl (C=O) groups is 2. The van der Waals surface area contributed by atoms with Crippen molar-refractivity contribution in [2.45, 2.75) is 22.9 Å². The molecular formula is C13H14F3NO4S. The summed E-state index contributed by atoms with van der Waals surface area (Å²) in [6.07, 6.45) is 0.0829. The lowest BCUT2D eigenvalue weighted by Gasteiger charge is -2.14. The fraction of sp³-hybridized carbons (Fsp3) is 0.385. The minimum absolute atomic E-state index is 0.0572. The van der Waals surface area contributed by atoms with Crippen molar-refractivity contribution in [2.24, 2.45) is 0 Å². The van der Waals surface area contributed by atoms with E-state index in [4.69, 9.17) is 9.84 Å². The summed E-state index contributed by atoms with van der Waals surface area (Å²) in [4.78, 5) is 22.8. The highest BCUT2D eigenvalue weighted by Gasteiger charge is 2.29. The first-order valence-corrected chi connectivity index (χ1v) is 6.93. The normalized spacial score (nSPS) is 12.7. The average Bonchev–Trinajstić information content (AvgIpc) is 2.42. The number of halogens is 3. The van der Waals surface area contributed by atoms with Gasteiger partial charge in [-0.3, -0.25) is 4.79 Å². The van der Waals surface area contributed by atoms with Crippen molar-refractivity contribution in [2.75, 3.05) is 13.7 Å². The molecule has 0 saturated heterocycles. The smallest absolute Gasteiger partial charge is 0.446 e. The van der Waals surface area contributed by atoms with Crippen molar-refractivity contribution < 1.29 is 32.6 Å². The fourth-order valence-electron chi connectivity index (χ4n) is 1.54. The monoisotopic (exact) mass is 337 g/mol. The topological polar surface area (TPSA) is 75.6 Å². The molecule has 0 aromatic heterocycles. The molecule has 0 heterocycles. The van der Waals surface area contributed by atoms with Crippen LogP contribution in [0.1, 0.15) is 16.8 Å². The Kier molecular flexibility index (Phi) is 6.69. The number of hydrogen-bond donors (Lipinski definition) is 2. The van der Waals surface area contributed by atoms with Gasteiger partial charge in [0.1, 0.15) is 6.04 Å². The van der Waals surface area contributed by atoms with Crippen molar-refractivity contribution in [3.05, 3.63) is 29.8 Å². The molecule has 122 valence electrons.